The molecule has 1 rings (SSSR count). The Labute approximate surface area is 127 Å². The van der Waals surface area contributed by atoms with E-state index >= 15 is 0 Å². The highest BCUT2D eigenvalue weighted by atomic mass is 35.5. The lowest BCUT2D eigenvalue weighted by atomic mass is 10.1. The fraction of sp³-hybridized carbons (Fsp3) is 0.588. The van der Waals surface area contributed by atoms with Crippen molar-refractivity contribution in [1.29, 1.82) is 0 Å². The predicted molar refractivity (Wildman–Crippen MR) is 86.4 cm³/mol. The molecule has 0 spiro atoms. The first-order valence-corrected chi connectivity index (χ1v) is 8.15. The van der Waals surface area contributed by atoms with Crippen LogP contribution in [0.1, 0.15) is 68.6 Å². The summed E-state index contributed by atoms with van der Waals surface area (Å²) in [7, 11) is 0. The van der Waals surface area contributed by atoms with E-state index in [2.05, 4.69) is 12.2 Å². The number of benzene rings is 1. The summed E-state index contributed by atoms with van der Waals surface area (Å²) in [5, 5.41) is 3.54. The third kappa shape index (κ3) is 7.54. The first-order chi connectivity index (χ1) is 9.74. The van der Waals surface area contributed by atoms with Crippen LogP contribution in [0.3, 0.4) is 0 Å². The van der Waals surface area contributed by atoms with Gasteiger partial charge < -0.3 is 5.32 Å². The van der Waals surface area contributed by atoms with Crippen LogP contribution in [-0.4, -0.2) is 12.5 Å². The number of carbonyl (C=O) groups is 1. The van der Waals surface area contributed by atoms with Crippen LogP contribution in [-0.2, 0) is 0 Å². The molecule has 0 fully saturated rings. The fourth-order valence-electron chi connectivity index (χ4n) is 2.19. The van der Waals surface area contributed by atoms with E-state index in [1.165, 1.54) is 44.9 Å². The van der Waals surface area contributed by atoms with Crippen molar-refractivity contribution in [2.75, 3.05) is 6.54 Å². The number of halogens is 1. The van der Waals surface area contributed by atoms with Crippen molar-refractivity contribution in [3.63, 3.8) is 0 Å². The van der Waals surface area contributed by atoms with Gasteiger partial charge in [-0.3, -0.25) is 4.79 Å². The van der Waals surface area contributed by atoms with E-state index < -0.39 is 0 Å². The van der Waals surface area contributed by atoms with Gasteiger partial charge in [0.15, 0.2) is 0 Å². The molecule has 20 heavy (non-hydrogen) atoms. The van der Waals surface area contributed by atoms with Crippen LogP contribution < -0.4 is 5.32 Å². The summed E-state index contributed by atoms with van der Waals surface area (Å²) in [6.07, 6.45) is 10.2. The molecule has 0 saturated carbocycles. The third-order valence-electron chi connectivity index (χ3n) is 3.40. The minimum Gasteiger partial charge on any atom is -0.352 e. The summed E-state index contributed by atoms with van der Waals surface area (Å²) in [4.78, 5) is 11.8. The molecule has 0 saturated heterocycles. The molecule has 1 amide bonds. The number of nitrogens with one attached hydrogen (secondary N) is 1. The van der Waals surface area contributed by atoms with Gasteiger partial charge in [-0.05, 0) is 24.6 Å². The summed E-state index contributed by atoms with van der Waals surface area (Å²) in [5.74, 6) is -0.0320. The van der Waals surface area contributed by atoms with Crippen molar-refractivity contribution >= 4 is 17.5 Å². The molecule has 0 heterocycles. The average Bonchev–Trinajstić information content (AvgIpc) is 2.45. The molecule has 0 radical (unpaired) electrons. The van der Waals surface area contributed by atoms with Gasteiger partial charge in [0.25, 0.3) is 5.91 Å². The summed E-state index contributed by atoms with van der Waals surface area (Å²) in [6, 6.07) is 7.06. The second-order valence-corrected chi connectivity index (χ2v) is 5.68. The van der Waals surface area contributed by atoms with E-state index in [9.17, 15) is 4.79 Å². The lowest BCUT2D eigenvalue weighted by Crippen LogP contribution is -2.24. The zero-order chi connectivity index (χ0) is 14.6. The van der Waals surface area contributed by atoms with Gasteiger partial charge in [-0.15, -0.1) is 0 Å². The number of carbonyl (C=O) groups excluding carboxylic acids is 1. The molecule has 0 unspecified atom stereocenters. The van der Waals surface area contributed by atoms with Crippen molar-refractivity contribution in [1.82, 2.24) is 5.32 Å². The maximum Gasteiger partial charge on any atom is 0.251 e. The second-order valence-electron chi connectivity index (χ2n) is 5.24. The number of hydrogen-bond acceptors (Lipinski definition) is 1. The van der Waals surface area contributed by atoms with Crippen molar-refractivity contribution in [2.45, 2.75) is 58.3 Å². The monoisotopic (exact) mass is 295 g/mol. The number of rotatable bonds is 10. The zero-order valence-electron chi connectivity index (χ0n) is 12.5. The standard InChI is InChI=1S/C17H26ClNO/c1-2-3-4-5-6-7-8-9-13-19-17(20)15-11-10-12-16(18)14-15/h10-12,14H,2-9,13H2,1H3,(H,19,20). The molecule has 0 aromatic heterocycles. The lowest BCUT2D eigenvalue weighted by Gasteiger charge is -2.05. The highest BCUT2D eigenvalue weighted by Crippen LogP contribution is 2.11. The van der Waals surface area contributed by atoms with Gasteiger partial charge in [-0.25, -0.2) is 0 Å². The molecular weight excluding hydrogens is 270 g/mol. The predicted octanol–water partition coefficient (Wildman–Crippen LogP) is 5.21. The van der Waals surface area contributed by atoms with Crippen LogP contribution in [0, 0.1) is 0 Å². The fourth-order valence-corrected chi connectivity index (χ4v) is 2.38. The Hall–Kier alpha value is -1.02. The van der Waals surface area contributed by atoms with Gasteiger partial charge in [0.05, 0.1) is 0 Å². The number of unbranched alkanes of at least 4 members (excludes halogenated alkanes) is 7. The maximum absolute atomic E-state index is 11.8. The quantitative estimate of drug-likeness (QED) is 0.590. The van der Waals surface area contributed by atoms with Crippen molar-refractivity contribution < 1.29 is 4.79 Å². The molecular formula is C17H26ClNO. The summed E-state index contributed by atoms with van der Waals surface area (Å²) < 4.78 is 0. The van der Waals surface area contributed by atoms with E-state index in [-0.39, 0.29) is 5.91 Å². The van der Waals surface area contributed by atoms with Gasteiger partial charge in [0.2, 0.25) is 0 Å². The van der Waals surface area contributed by atoms with Gasteiger partial charge in [-0.2, -0.15) is 0 Å². The van der Waals surface area contributed by atoms with E-state index in [1.807, 2.05) is 0 Å². The molecule has 0 aliphatic rings. The normalized spacial score (nSPS) is 10.5. The van der Waals surface area contributed by atoms with E-state index in [4.69, 9.17) is 11.6 Å². The Morgan fingerprint density at radius 3 is 2.35 bits per heavy atom. The van der Waals surface area contributed by atoms with Gasteiger partial charge in [0.1, 0.15) is 0 Å². The Balaban J connectivity index is 2.02. The highest BCUT2D eigenvalue weighted by molar-refractivity contribution is 6.30. The molecule has 0 aliphatic heterocycles. The van der Waals surface area contributed by atoms with Crippen molar-refractivity contribution in [3.8, 4) is 0 Å². The summed E-state index contributed by atoms with van der Waals surface area (Å²) >= 11 is 5.86. The Morgan fingerprint density at radius 2 is 1.70 bits per heavy atom. The van der Waals surface area contributed by atoms with Gasteiger partial charge in [0, 0.05) is 17.1 Å². The molecule has 0 atom stereocenters. The molecule has 1 aromatic carbocycles. The molecule has 1 N–H and O–H groups in total. The first kappa shape index (κ1) is 17.0. The Bertz CT molecular complexity index is 392. The smallest absolute Gasteiger partial charge is 0.251 e. The van der Waals surface area contributed by atoms with Crippen LogP contribution in [0.4, 0.5) is 0 Å². The van der Waals surface area contributed by atoms with Crippen LogP contribution in [0.5, 0.6) is 0 Å². The molecule has 3 heteroatoms. The molecule has 0 bridgehead atoms. The molecule has 2 nitrogen and oxygen atoms in total. The van der Waals surface area contributed by atoms with Crippen LogP contribution in [0.15, 0.2) is 24.3 Å². The first-order valence-electron chi connectivity index (χ1n) is 7.78. The van der Waals surface area contributed by atoms with Gasteiger partial charge in [-0.1, -0.05) is 69.5 Å². The molecule has 112 valence electrons. The topological polar surface area (TPSA) is 29.1 Å². The highest BCUT2D eigenvalue weighted by Gasteiger charge is 2.04. The Kier molecular flexibility index (Phi) is 9.14. The SMILES string of the molecule is CCCCCCCCCCNC(=O)c1cccc(Cl)c1. The van der Waals surface area contributed by atoms with Gasteiger partial charge >= 0.3 is 0 Å². The minimum atomic E-state index is -0.0320. The van der Waals surface area contributed by atoms with E-state index in [0.717, 1.165) is 13.0 Å². The minimum absolute atomic E-state index is 0.0320. The van der Waals surface area contributed by atoms with Crippen LogP contribution >= 0.6 is 11.6 Å². The maximum atomic E-state index is 11.8. The largest absolute Gasteiger partial charge is 0.352 e. The average molecular weight is 296 g/mol. The van der Waals surface area contributed by atoms with E-state index in [1.54, 1.807) is 24.3 Å². The van der Waals surface area contributed by atoms with E-state index in [0.29, 0.717) is 10.6 Å². The summed E-state index contributed by atoms with van der Waals surface area (Å²) in [5.41, 5.74) is 0.636. The van der Waals surface area contributed by atoms with Crippen LogP contribution in [0.2, 0.25) is 5.02 Å². The summed E-state index contributed by atoms with van der Waals surface area (Å²) in [6.45, 7) is 2.99. The molecule has 1 aromatic rings. The third-order valence-corrected chi connectivity index (χ3v) is 3.64. The molecule has 0 aliphatic carbocycles. The zero-order valence-corrected chi connectivity index (χ0v) is 13.2. The van der Waals surface area contributed by atoms with Crippen molar-refractivity contribution in [2.24, 2.45) is 0 Å². The van der Waals surface area contributed by atoms with Crippen molar-refractivity contribution in [3.05, 3.63) is 34.9 Å². The van der Waals surface area contributed by atoms with Crippen LogP contribution in [0.25, 0.3) is 0 Å². The second kappa shape index (κ2) is 10.7. The lowest BCUT2D eigenvalue weighted by molar-refractivity contribution is 0.0953. The Morgan fingerprint density at radius 1 is 1.05 bits per heavy atom. The number of hydrogen-bond donors (Lipinski definition) is 1. The number of amides is 1.